The summed E-state index contributed by atoms with van der Waals surface area (Å²) in [5.41, 5.74) is 1.25. The third kappa shape index (κ3) is 3.87. The first-order valence-electron chi connectivity index (χ1n) is 8.26. The Kier molecular flexibility index (Phi) is 6.02. The van der Waals surface area contributed by atoms with Crippen LogP contribution in [0.2, 0.25) is 0 Å². The van der Waals surface area contributed by atoms with Crippen molar-refractivity contribution >= 4 is 22.9 Å². The summed E-state index contributed by atoms with van der Waals surface area (Å²) in [6.45, 7) is 7.05. The van der Waals surface area contributed by atoms with Crippen molar-refractivity contribution in [1.82, 2.24) is 0 Å². The highest BCUT2D eigenvalue weighted by Gasteiger charge is 2.20. The Morgan fingerprint density at radius 1 is 1.19 bits per heavy atom. The number of rotatable bonds is 6. The fourth-order valence-electron chi connectivity index (χ4n) is 2.62. The van der Waals surface area contributed by atoms with E-state index in [1.54, 1.807) is 39.8 Å². The van der Waals surface area contributed by atoms with Crippen molar-refractivity contribution in [2.45, 2.75) is 40.2 Å². The van der Waals surface area contributed by atoms with E-state index in [-0.39, 0.29) is 18.6 Å². The van der Waals surface area contributed by atoms with Gasteiger partial charge < -0.3 is 18.6 Å². The first-order chi connectivity index (χ1) is 12.3. The lowest BCUT2D eigenvalue weighted by Gasteiger charge is -2.16. The van der Waals surface area contributed by atoms with Crippen LogP contribution < -0.4 is 10.4 Å². The van der Waals surface area contributed by atoms with Crippen molar-refractivity contribution in [2.24, 2.45) is 0 Å². The van der Waals surface area contributed by atoms with Crippen molar-refractivity contribution in [3.8, 4) is 5.75 Å². The SMILES string of the molecule is CCOC(=O)C(C)Oc1ccc2c(C)c(CC(=O)OC)c(=O)oc2c1C. The zero-order chi connectivity index (χ0) is 19.4. The van der Waals surface area contributed by atoms with Gasteiger partial charge in [0.1, 0.15) is 11.3 Å². The van der Waals surface area contributed by atoms with Crippen molar-refractivity contribution < 1.29 is 28.2 Å². The standard InChI is InChI=1S/C19H22O7/c1-6-24-18(21)12(4)25-15-8-7-13-10(2)14(9-16(20)23-5)19(22)26-17(13)11(15)3/h7-8,12H,6,9H2,1-5H3. The Morgan fingerprint density at radius 2 is 1.88 bits per heavy atom. The number of carbonyl (C=O) groups excluding carboxylic acids is 2. The van der Waals surface area contributed by atoms with Crippen LogP contribution in [0.25, 0.3) is 11.0 Å². The Bertz CT molecular complexity index is 895. The summed E-state index contributed by atoms with van der Waals surface area (Å²) in [5, 5.41) is 0.692. The lowest BCUT2D eigenvalue weighted by atomic mass is 10.0. The molecule has 0 saturated heterocycles. The van der Waals surface area contributed by atoms with E-state index >= 15 is 0 Å². The van der Waals surface area contributed by atoms with Gasteiger partial charge in [-0.15, -0.1) is 0 Å². The predicted molar refractivity (Wildman–Crippen MR) is 94.4 cm³/mol. The summed E-state index contributed by atoms with van der Waals surface area (Å²) >= 11 is 0. The fraction of sp³-hybridized carbons (Fsp3) is 0.421. The molecule has 0 spiro atoms. The van der Waals surface area contributed by atoms with E-state index in [1.165, 1.54) is 7.11 Å². The van der Waals surface area contributed by atoms with E-state index in [4.69, 9.17) is 13.9 Å². The highest BCUT2D eigenvalue weighted by Crippen LogP contribution is 2.30. The largest absolute Gasteiger partial charge is 0.479 e. The maximum absolute atomic E-state index is 12.3. The number of carbonyl (C=O) groups is 2. The number of hydrogen-bond acceptors (Lipinski definition) is 7. The second kappa shape index (κ2) is 8.03. The number of aryl methyl sites for hydroxylation is 2. The molecule has 1 aromatic heterocycles. The highest BCUT2D eigenvalue weighted by molar-refractivity contribution is 5.87. The summed E-state index contributed by atoms with van der Waals surface area (Å²) in [6.07, 6.45) is -0.949. The molecule has 7 heteroatoms. The molecule has 0 aliphatic rings. The molecule has 0 radical (unpaired) electrons. The predicted octanol–water partition coefficient (Wildman–Crippen LogP) is 2.46. The van der Waals surface area contributed by atoms with Crippen LogP contribution in [0.1, 0.15) is 30.5 Å². The molecule has 0 N–H and O–H groups in total. The summed E-state index contributed by atoms with van der Waals surface area (Å²) in [5.74, 6) is -0.570. The Hall–Kier alpha value is -2.83. The molecule has 2 aromatic rings. The molecule has 0 bridgehead atoms. The van der Waals surface area contributed by atoms with Crippen LogP contribution in [-0.4, -0.2) is 31.8 Å². The van der Waals surface area contributed by atoms with E-state index in [2.05, 4.69) is 4.74 Å². The minimum Gasteiger partial charge on any atom is -0.479 e. The van der Waals surface area contributed by atoms with Gasteiger partial charge in [0, 0.05) is 10.9 Å². The molecule has 7 nitrogen and oxygen atoms in total. The number of ether oxygens (including phenoxy) is 3. The van der Waals surface area contributed by atoms with Crippen LogP contribution in [0.15, 0.2) is 21.3 Å². The molecule has 0 fully saturated rings. The normalized spacial score (nSPS) is 11.9. The number of esters is 2. The van der Waals surface area contributed by atoms with Gasteiger partial charge in [-0.3, -0.25) is 4.79 Å². The summed E-state index contributed by atoms with van der Waals surface area (Å²) in [6, 6.07) is 3.43. The topological polar surface area (TPSA) is 92.0 Å². The highest BCUT2D eigenvalue weighted by atomic mass is 16.6. The van der Waals surface area contributed by atoms with E-state index < -0.39 is 23.7 Å². The number of fused-ring (bicyclic) bond motifs is 1. The zero-order valence-corrected chi connectivity index (χ0v) is 15.5. The summed E-state index contributed by atoms with van der Waals surface area (Å²) in [7, 11) is 1.26. The zero-order valence-electron chi connectivity index (χ0n) is 15.5. The van der Waals surface area contributed by atoms with Crippen LogP contribution in [0, 0.1) is 13.8 Å². The molecular formula is C19H22O7. The second-order valence-electron chi connectivity index (χ2n) is 5.82. The first kappa shape index (κ1) is 19.5. The Labute approximate surface area is 150 Å². The van der Waals surface area contributed by atoms with E-state index in [9.17, 15) is 14.4 Å². The van der Waals surface area contributed by atoms with Gasteiger partial charge in [0.15, 0.2) is 6.10 Å². The molecule has 1 atom stereocenters. The van der Waals surface area contributed by atoms with Crippen LogP contribution in [0.5, 0.6) is 5.75 Å². The molecule has 0 saturated carbocycles. The molecule has 0 amide bonds. The molecule has 0 aliphatic heterocycles. The third-order valence-electron chi connectivity index (χ3n) is 4.13. The molecule has 140 valence electrons. The van der Waals surface area contributed by atoms with Crippen LogP contribution in [0.3, 0.4) is 0 Å². The van der Waals surface area contributed by atoms with Gasteiger partial charge in [-0.1, -0.05) is 0 Å². The van der Waals surface area contributed by atoms with Crippen molar-refractivity contribution in [3.63, 3.8) is 0 Å². The smallest absolute Gasteiger partial charge is 0.347 e. The monoisotopic (exact) mass is 362 g/mol. The molecule has 1 aromatic carbocycles. The van der Waals surface area contributed by atoms with Gasteiger partial charge in [0.25, 0.3) is 0 Å². The maximum atomic E-state index is 12.3. The minimum absolute atomic E-state index is 0.155. The van der Waals surface area contributed by atoms with Crippen molar-refractivity contribution in [2.75, 3.05) is 13.7 Å². The van der Waals surface area contributed by atoms with Crippen LogP contribution in [-0.2, 0) is 25.5 Å². The lowest BCUT2D eigenvalue weighted by molar-refractivity contribution is -0.150. The third-order valence-corrected chi connectivity index (χ3v) is 4.13. The number of hydrogen-bond donors (Lipinski definition) is 0. The van der Waals surface area contributed by atoms with E-state index in [0.717, 1.165) is 0 Å². The fourth-order valence-corrected chi connectivity index (χ4v) is 2.62. The van der Waals surface area contributed by atoms with Gasteiger partial charge in [0.2, 0.25) is 0 Å². The van der Waals surface area contributed by atoms with E-state index in [0.29, 0.717) is 27.8 Å². The molecule has 1 heterocycles. The number of methoxy groups -OCH3 is 1. The molecule has 0 aliphatic carbocycles. The Morgan fingerprint density at radius 3 is 2.50 bits per heavy atom. The first-order valence-corrected chi connectivity index (χ1v) is 8.26. The summed E-state index contributed by atoms with van der Waals surface area (Å²) < 4.78 is 20.6. The second-order valence-corrected chi connectivity index (χ2v) is 5.82. The molecule has 1 unspecified atom stereocenters. The lowest BCUT2D eigenvalue weighted by Crippen LogP contribution is -2.26. The molecular weight excluding hydrogens is 340 g/mol. The van der Waals surface area contributed by atoms with E-state index in [1.807, 2.05) is 0 Å². The van der Waals surface area contributed by atoms with Gasteiger partial charge in [-0.05, 0) is 45.4 Å². The van der Waals surface area contributed by atoms with Gasteiger partial charge >= 0.3 is 17.6 Å². The van der Waals surface area contributed by atoms with Crippen LogP contribution >= 0.6 is 0 Å². The maximum Gasteiger partial charge on any atom is 0.347 e. The average molecular weight is 362 g/mol. The molecule has 2 rings (SSSR count). The number of benzene rings is 1. The molecule has 26 heavy (non-hydrogen) atoms. The van der Waals surface area contributed by atoms with Crippen molar-refractivity contribution in [3.05, 3.63) is 39.2 Å². The van der Waals surface area contributed by atoms with Gasteiger partial charge in [-0.2, -0.15) is 0 Å². The van der Waals surface area contributed by atoms with Crippen LogP contribution in [0.4, 0.5) is 0 Å². The Balaban J connectivity index is 2.46. The average Bonchev–Trinajstić information content (AvgIpc) is 2.61. The van der Waals surface area contributed by atoms with Gasteiger partial charge in [0.05, 0.1) is 25.7 Å². The quantitative estimate of drug-likeness (QED) is 0.576. The van der Waals surface area contributed by atoms with Gasteiger partial charge in [-0.25, -0.2) is 9.59 Å². The summed E-state index contributed by atoms with van der Waals surface area (Å²) in [4.78, 5) is 35.6. The van der Waals surface area contributed by atoms with Crippen molar-refractivity contribution in [1.29, 1.82) is 0 Å². The minimum atomic E-state index is -0.794.